The van der Waals surface area contributed by atoms with Gasteiger partial charge in [0, 0.05) is 13.5 Å². The molecule has 38 heavy (non-hydrogen) atoms. The third kappa shape index (κ3) is 5.98. The van der Waals surface area contributed by atoms with Crippen LogP contribution in [0.5, 0.6) is 5.75 Å². The van der Waals surface area contributed by atoms with Gasteiger partial charge in [-0.25, -0.2) is 0 Å². The molecule has 208 valence electrons. The van der Waals surface area contributed by atoms with E-state index in [0.29, 0.717) is 17.6 Å². The second-order valence-electron chi connectivity index (χ2n) is 9.42. The van der Waals surface area contributed by atoms with Crippen LogP contribution in [0.2, 0.25) is 0 Å². The molecule has 3 aliphatic rings. The number of aliphatic hydroxyl groups excluding tert-OH is 3. The van der Waals surface area contributed by atoms with Crippen LogP contribution in [-0.2, 0) is 38.1 Å². The van der Waals surface area contributed by atoms with Gasteiger partial charge in [-0.15, -0.1) is 0 Å². The minimum Gasteiger partial charge on any atom is -0.508 e. The number of Topliss-reactive ketones (excluding diaryl/α,β-unsaturated/α-hetero) is 1. The van der Waals surface area contributed by atoms with Gasteiger partial charge in [0.25, 0.3) is 0 Å². The number of phenolic OH excluding ortho intramolecular Hbond substituents is 1. The van der Waals surface area contributed by atoms with Crippen molar-refractivity contribution in [1.29, 1.82) is 0 Å². The van der Waals surface area contributed by atoms with E-state index in [4.69, 9.17) is 28.8 Å². The number of carbonyl (C=O) groups excluding carboxylic acids is 2. The first-order chi connectivity index (χ1) is 18.1. The summed E-state index contributed by atoms with van der Waals surface area (Å²) in [7, 11) is 1.49. The third-order valence-corrected chi connectivity index (χ3v) is 6.91. The lowest BCUT2D eigenvalue weighted by molar-refractivity contribution is -0.322. The molecule has 0 amide bonds. The van der Waals surface area contributed by atoms with E-state index in [0.717, 1.165) is 0 Å². The molecule has 1 aliphatic carbocycles. The number of phenols is 1. The van der Waals surface area contributed by atoms with Crippen LogP contribution in [0.1, 0.15) is 24.8 Å². The fourth-order valence-electron chi connectivity index (χ4n) is 4.87. The molecule has 0 spiro atoms. The maximum Gasteiger partial charge on any atom is 0.317 e. The van der Waals surface area contributed by atoms with Crippen molar-refractivity contribution >= 4 is 23.3 Å². The number of ether oxygens (including phenoxy) is 5. The van der Waals surface area contributed by atoms with Gasteiger partial charge in [0.2, 0.25) is 0 Å². The standard InChI is InChI=1S/C25H30O13/c1-34-13-6-14-20(30)15(11-2-4-12(26)5-3-11)9-36-24(14)16(7-13)37-25-23(33)22(32)21(31)17(38-25)10-35-19(29)8-18(27)28/h2-5,9,13-14,16-17,21-26,31-33H,6-8,10H2,1H3,(H,27,28)/t13?,14?,16?,17-,21-,22+,23-,24?,25-/m1/s1. The van der Waals surface area contributed by atoms with Crippen molar-refractivity contribution in [3.8, 4) is 5.75 Å². The fourth-order valence-corrected chi connectivity index (χ4v) is 4.87. The number of hydrogen-bond donors (Lipinski definition) is 5. The highest BCUT2D eigenvalue weighted by Crippen LogP contribution is 2.40. The Balaban J connectivity index is 1.49. The molecule has 13 heteroatoms. The molecule has 1 saturated heterocycles. The first-order valence-electron chi connectivity index (χ1n) is 12.0. The van der Waals surface area contributed by atoms with Gasteiger partial charge < -0.3 is 49.2 Å². The van der Waals surface area contributed by atoms with Crippen LogP contribution in [0.4, 0.5) is 0 Å². The van der Waals surface area contributed by atoms with E-state index < -0.39 is 79.9 Å². The molecule has 5 N–H and O–H groups in total. The summed E-state index contributed by atoms with van der Waals surface area (Å²) >= 11 is 0. The van der Waals surface area contributed by atoms with Gasteiger partial charge >= 0.3 is 11.9 Å². The quantitative estimate of drug-likeness (QED) is 0.207. The van der Waals surface area contributed by atoms with Gasteiger partial charge in [-0.3, -0.25) is 14.4 Å². The Morgan fingerprint density at radius 2 is 1.76 bits per heavy atom. The lowest BCUT2D eigenvalue weighted by atomic mass is 9.76. The summed E-state index contributed by atoms with van der Waals surface area (Å²) in [6, 6.07) is 6.10. The molecule has 2 heterocycles. The summed E-state index contributed by atoms with van der Waals surface area (Å²) in [5.41, 5.74) is 0.879. The number of hydrogen-bond acceptors (Lipinski definition) is 12. The zero-order valence-corrected chi connectivity index (χ0v) is 20.4. The van der Waals surface area contributed by atoms with Crippen LogP contribution in [0.3, 0.4) is 0 Å². The Hall–Kier alpha value is -3.07. The zero-order chi connectivity index (χ0) is 27.6. The molecule has 0 bridgehead atoms. The van der Waals surface area contributed by atoms with Crippen LogP contribution in [0.15, 0.2) is 30.5 Å². The van der Waals surface area contributed by atoms with E-state index in [9.17, 15) is 34.8 Å². The number of carboxylic acid groups (broad SMARTS) is 1. The molecule has 4 rings (SSSR count). The molecule has 2 fully saturated rings. The van der Waals surface area contributed by atoms with Crippen molar-refractivity contribution in [3.05, 3.63) is 36.1 Å². The minimum absolute atomic E-state index is 0.0512. The number of aliphatic carboxylic acids is 1. The molecule has 13 nitrogen and oxygen atoms in total. The molecule has 0 aromatic heterocycles. The number of fused-ring (bicyclic) bond motifs is 1. The Bertz CT molecular complexity index is 1050. The highest BCUT2D eigenvalue weighted by atomic mass is 16.7. The van der Waals surface area contributed by atoms with Gasteiger partial charge in [-0.2, -0.15) is 0 Å². The Morgan fingerprint density at radius 1 is 1.05 bits per heavy atom. The SMILES string of the molecule is COC1CC(O[C@@H]2O[C@H](COC(=O)CC(=O)O)[C@@H](O)[C@H](O)[C@H]2O)C2OC=C(c3ccc(O)cc3)C(=O)C2C1. The highest BCUT2D eigenvalue weighted by Gasteiger charge is 2.51. The summed E-state index contributed by atoms with van der Waals surface area (Å²) in [6.07, 6.45) is -8.91. The molecule has 1 aromatic carbocycles. The summed E-state index contributed by atoms with van der Waals surface area (Å²) in [5, 5.41) is 49.4. The fraction of sp³-hybridized carbons (Fsp3) is 0.560. The number of aliphatic hydroxyl groups is 3. The lowest BCUT2D eigenvalue weighted by Gasteiger charge is -2.46. The Kier molecular flexibility index (Phi) is 8.65. The second-order valence-corrected chi connectivity index (χ2v) is 9.42. The third-order valence-electron chi connectivity index (χ3n) is 6.91. The number of benzene rings is 1. The van der Waals surface area contributed by atoms with Crippen LogP contribution in [0.25, 0.3) is 5.57 Å². The monoisotopic (exact) mass is 538 g/mol. The number of aromatic hydroxyl groups is 1. The lowest BCUT2D eigenvalue weighted by Crippen LogP contribution is -2.61. The van der Waals surface area contributed by atoms with Crippen molar-refractivity contribution in [2.75, 3.05) is 13.7 Å². The summed E-state index contributed by atoms with van der Waals surface area (Å²) in [6.45, 7) is -0.595. The minimum atomic E-state index is -1.73. The van der Waals surface area contributed by atoms with Gasteiger partial charge in [-0.1, -0.05) is 12.1 Å². The average molecular weight is 539 g/mol. The van der Waals surface area contributed by atoms with E-state index in [1.165, 1.54) is 25.5 Å². The molecular weight excluding hydrogens is 508 g/mol. The molecule has 0 radical (unpaired) electrons. The van der Waals surface area contributed by atoms with E-state index >= 15 is 0 Å². The van der Waals surface area contributed by atoms with E-state index in [1.807, 2.05) is 0 Å². The molecular formula is C25H30O13. The summed E-state index contributed by atoms with van der Waals surface area (Å²) in [5.74, 6) is -3.31. The van der Waals surface area contributed by atoms with Crippen molar-refractivity contribution in [3.63, 3.8) is 0 Å². The topological polar surface area (TPSA) is 199 Å². The normalized spacial score (nSPS) is 35.0. The largest absolute Gasteiger partial charge is 0.508 e. The number of methoxy groups -OCH3 is 1. The first-order valence-corrected chi connectivity index (χ1v) is 12.0. The number of ketones is 1. The van der Waals surface area contributed by atoms with E-state index in [1.54, 1.807) is 12.1 Å². The zero-order valence-electron chi connectivity index (χ0n) is 20.4. The number of carbonyl (C=O) groups is 3. The smallest absolute Gasteiger partial charge is 0.317 e. The first kappa shape index (κ1) is 28.0. The molecule has 4 unspecified atom stereocenters. The maximum absolute atomic E-state index is 13.4. The number of allylic oxidation sites excluding steroid dienone is 1. The van der Waals surface area contributed by atoms with Gasteiger partial charge in [-0.05, 0) is 24.1 Å². The predicted molar refractivity (Wildman–Crippen MR) is 124 cm³/mol. The average Bonchev–Trinajstić information content (AvgIpc) is 2.88. The van der Waals surface area contributed by atoms with Gasteiger partial charge in [0.15, 0.2) is 12.1 Å². The molecule has 1 aromatic rings. The molecule has 2 aliphatic heterocycles. The number of carboxylic acids is 1. The number of esters is 1. The van der Waals surface area contributed by atoms with Crippen LogP contribution in [-0.4, -0.2) is 106 Å². The molecule has 1 saturated carbocycles. The van der Waals surface area contributed by atoms with Crippen molar-refractivity contribution in [1.82, 2.24) is 0 Å². The van der Waals surface area contributed by atoms with Crippen molar-refractivity contribution in [2.24, 2.45) is 5.92 Å². The van der Waals surface area contributed by atoms with Crippen molar-refractivity contribution < 1.29 is 63.6 Å². The Labute approximate surface area is 217 Å². The van der Waals surface area contributed by atoms with Crippen LogP contribution < -0.4 is 0 Å². The van der Waals surface area contributed by atoms with E-state index in [2.05, 4.69) is 0 Å². The summed E-state index contributed by atoms with van der Waals surface area (Å²) in [4.78, 5) is 35.7. The van der Waals surface area contributed by atoms with E-state index in [-0.39, 0.29) is 18.0 Å². The van der Waals surface area contributed by atoms with Crippen LogP contribution in [0, 0.1) is 5.92 Å². The van der Waals surface area contributed by atoms with Crippen LogP contribution >= 0.6 is 0 Å². The second kappa shape index (κ2) is 11.8. The Morgan fingerprint density at radius 3 is 2.42 bits per heavy atom. The number of rotatable bonds is 8. The van der Waals surface area contributed by atoms with Gasteiger partial charge in [0.1, 0.15) is 55.4 Å². The maximum atomic E-state index is 13.4. The summed E-state index contributed by atoms with van der Waals surface area (Å²) < 4.78 is 27.8. The highest BCUT2D eigenvalue weighted by molar-refractivity contribution is 6.22. The predicted octanol–water partition coefficient (Wildman–Crippen LogP) is -0.663. The van der Waals surface area contributed by atoms with Crippen molar-refractivity contribution in [2.45, 2.75) is 68.3 Å². The van der Waals surface area contributed by atoms with Gasteiger partial charge in [0.05, 0.1) is 23.9 Å². The molecule has 9 atom stereocenters.